The molecule has 1 aliphatic rings. The molecule has 0 unspecified atom stereocenters. The van der Waals surface area contributed by atoms with Crippen LogP contribution in [0.5, 0.6) is 0 Å². The quantitative estimate of drug-likeness (QED) is 0.809. The Morgan fingerprint density at radius 3 is 2.38 bits per heavy atom. The summed E-state index contributed by atoms with van der Waals surface area (Å²) in [4.78, 5) is 16.7. The van der Waals surface area contributed by atoms with Gasteiger partial charge in [-0.15, -0.1) is 0 Å². The SMILES string of the molecule is Cc1cc(B2OC(C)(C)C(C)(C)O2)cc(=O)n1Cc1cccnc1. The van der Waals surface area contributed by atoms with Crippen LogP contribution in [0.4, 0.5) is 0 Å². The number of hydrogen-bond donors (Lipinski definition) is 0. The molecule has 0 radical (unpaired) electrons. The first kappa shape index (κ1) is 16.9. The normalized spacial score (nSPS) is 18.8. The van der Waals surface area contributed by atoms with E-state index in [1.165, 1.54) is 0 Å². The minimum Gasteiger partial charge on any atom is -0.399 e. The number of pyridine rings is 2. The van der Waals surface area contributed by atoms with Gasteiger partial charge in [-0.1, -0.05) is 6.07 Å². The van der Waals surface area contributed by atoms with Crippen LogP contribution in [0.3, 0.4) is 0 Å². The van der Waals surface area contributed by atoms with E-state index < -0.39 is 18.3 Å². The molecule has 0 N–H and O–H groups in total. The maximum Gasteiger partial charge on any atom is 0.495 e. The summed E-state index contributed by atoms with van der Waals surface area (Å²) in [5.74, 6) is 0. The fourth-order valence-corrected chi connectivity index (χ4v) is 2.75. The average molecular weight is 326 g/mol. The lowest BCUT2D eigenvalue weighted by Gasteiger charge is -2.32. The van der Waals surface area contributed by atoms with Crippen LogP contribution in [0.2, 0.25) is 0 Å². The predicted octanol–water partition coefficient (Wildman–Crippen LogP) is 1.90. The Morgan fingerprint density at radius 1 is 1.17 bits per heavy atom. The summed E-state index contributed by atoms with van der Waals surface area (Å²) < 4.78 is 13.8. The fourth-order valence-electron chi connectivity index (χ4n) is 2.75. The van der Waals surface area contributed by atoms with Crippen LogP contribution in [0.15, 0.2) is 41.5 Å². The molecule has 1 saturated heterocycles. The Kier molecular flexibility index (Phi) is 4.14. The van der Waals surface area contributed by atoms with E-state index in [2.05, 4.69) is 4.98 Å². The molecule has 0 atom stereocenters. The van der Waals surface area contributed by atoms with Gasteiger partial charge in [-0.25, -0.2) is 0 Å². The van der Waals surface area contributed by atoms with Crippen molar-refractivity contribution in [2.45, 2.75) is 52.4 Å². The molecule has 0 aliphatic carbocycles. The molecule has 3 rings (SSSR count). The van der Waals surface area contributed by atoms with E-state index in [1.54, 1.807) is 23.0 Å². The summed E-state index contributed by atoms with van der Waals surface area (Å²) in [6, 6.07) is 7.39. The highest BCUT2D eigenvalue weighted by atomic mass is 16.7. The van der Waals surface area contributed by atoms with Crippen molar-refractivity contribution in [1.82, 2.24) is 9.55 Å². The van der Waals surface area contributed by atoms with Gasteiger partial charge in [-0.05, 0) is 57.8 Å². The average Bonchev–Trinajstić information content (AvgIpc) is 2.72. The maximum atomic E-state index is 12.6. The summed E-state index contributed by atoms with van der Waals surface area (Å²) in [5.41, 5.74) is 1.72. The van der Waals surface area contributed by atoms with Crippen LogP contribution in [0.25, 0.3) is 0 Å². The van der Waals surface area contributed by atoms with Gasteiger partial charge in [0.1, 0.15) is 0 Å². The van der Waals surface area contributed by atoms with E-state index in [0.717, 1.165) is 16.7 Å². The van der Waals surface area contributed by atoms with Crippen LogP contribution in [0, 0.1) is 6.92 Å². The van der Waals surface area contributed by atoms with E-state index in [-0.39, 0.29) is 5.56 Å². The molecule has 126 valence electrons. The fraction of sp³-hybridized carbons (Fsp3) is 0.444. The number of rotatable bonds is 3. The minimum absolute atomic E-state index is 0.0661. The lowest BCUT2D eigenvalue weighted by molar-refractivity contribution is 0.00578. The highest BCUT2D eigenvalue weighted by molar-refractivity contribution is 6.62. The first-order chi connectivity index (χ1) is 11.2. The van der Waals surface area contributed by atoms with Crippen molar-refractivity contribution in [2.24, 2.45) is 0 Å². The maximum absolute atomic E-state index is 12.6. The monoisotopic (exact) mass is 326 g/mol. The summed E-state index contributed by atoms with van der Waals surface area (Å²) in [7, 11) is -0.519. The first-order valence-electron chi connectivity index (χ1n) is 8.15. The van der Waals surface area contributed by atoms with Crippen molar-refractivity contribution in [3.05, 3.63) is 58.3 Å². The van der Waals surface area contributed by atoms with Gasteiger partial charge in [0.2, 0.25) is 0 Å². The largest absolute Gasteiger partial charge is 0.495 e. The molecule has 3 heterocycles. The van der Waals surface area contributed by atoms with Gasteiger partial charge < -0.3 is 13.9 Å². The zero-order chi connectivity index (χ0) is 17.5. The van der Waals surface area contributed by atoms with Crippen LogP contribution in [-0.2, 0) is 15.9 Å². The molecule has 0 spiro atoms. The molecule has 0 saturated carbocycles. The highest BCUT2D eigenvalue weighted by Crippen LogP contribution is 2.36. The van der Waals surface area contributed by atoms with E-state index in [0.29, 0.717) is 6.54 Å². The van der Waals surface area contributed by atoms with E-state index in [9.17, 15) is 4.79 Å². The zero-order valence-electron chi connectivity index (χ0n) is 14.9. The van der Waals surface area contributed by atoms with Gasteiger partial charge in [-0.2, -0.15) is 0 Å². The molecule has 0 bridgehead atoms. The summed E-state index contributed by atoms with van der Waals surface area (Å²) >= 11 is 0. The van der Waals surface area contributed by atoms with Crippen molar-refractivity contribution in [3.63, 3.8) is 0 Å². The standard InChI is InChI=1S/C18H23BN2O3/c1-13-9-15(19-23-17(2,3)18(4,5)24-19)10-16(22)21(13)12-14-7-6-8-20-11-14/h6-11H,12H2,1-5H3. The Bertz CT molecular complexity index is 784. The molecule has 2 aromatic heterocycles. The van der Waals surface area contributed by atoms with Gasteiger partial charge in [0, 0.05) is 24.2 Å². The predicted molar refractivity (Wildman–Crippen MR) is 94.5 cm³/mol. The molecule has 0 amide bonds. The van der Waals surface area contributed by atoms with Crippen LogP contribution >= 0.6 is 0 Å². The number of aryl methyl sites for hydroxylation is 1. The van der Waals surface area contributed by atoms with Crippen LogP contribution in [-0.4, -0.2) is 27.9 Å². The third-order valence-corrected chi connectivity index (χ3v) is 4.95. The van der Waals surface area contributed by atoms with Gasteiger partial charge in [0.15, 0.2) is 0 Å². The number of aromatic nitrogens is 2. The summed E-state index contributed by atoms with van der Waals surface area (Å²) in [6.45, 7) is 10.4. The molecule has 6 heteroatoms. The molecule has 2 aromatic rings. The van der Waals surface area contributed by atoms with Crippen LogP contribution < -0.4 is 11.0 Å². The molecule has 1 aliphatic heterocycles. The number of hydrogen-bond acceptors (Lipinski definition) is 4. The molecular formula is C18H23BN2O3. The zero-order valence-corrected chi connectivity index (χ0v) is 14.9. The molecule has 1 fully saturated rings. The highest BCUT2D eigenvalue weighted by Gasteiger charge is 2.51. The molecule has 5 nitrogen and oxygen atoms in total. The van der Waals surface area contributed by atoms with E-state index >= 15 is 0 Å². The number of nitrogens with zero attached hydrogens (tertiary/aromatic N) is 2. The second-order valence-electron chi connectivity index (χ2n) is 7.30. The van der Waals surface area contributed by atoms with Gasteiger partial charge in [0.05, 0.1) is 17.7 Å². The third-order valence-electron chi connectivity index (χ3n) is 4.95. The third kappa shape index (κ3) is 3.04. The smallest absolute Gasteiger partial charge is 0.399 e. The first-order valence-corrected chi connectivity index (χ1v) is 8.15. The van der Waals surface area contributed by atoms with Gasteiger partial charge in [-0.3, -0.25) is 9.78 Å². The van der Waals surface area contributed by atoms with Crippen molar-refractivity contribution < 1.29 is 9.31 Å². The lowest BCUT2D eigenvalue weighted by Crippen LogP contribution is -2.41. The molecular weight excluding hydrogens is 303 g/mol. The summed E-state index contributed by atoms with van der Waals surface area (Å²) in [5, 5.41) is 0. The van der Waals surface area contributed by atoms with Crippen molar-refractivity contribution in [2.75, 3.05) is 0 Å². The molecule has 0 aromatic carbocycles. The molecule has 24 heavy (non-hydrogen) atoms. The Labute approximate surface area is 142 Å². The van der Waals surface area contributed by atoms with Crippen molar-refractivity contribution in [1.29, 1.82) is 0 Å². The van der Waals surface area contributed by atoms with Crippen molar-refractivity contribution in [3.8, 4) is 0 Å². The van der Waals surface area contributed by atoms with Crippen molar-refractivity contribution >= 4 is 12.6 Å². The lowest BCUT2D eigenvalue weighted by atomic mass is 9.79. The van der Waals surface area contributed by atoms with Crippen LogP contribution in [0.1, 0.15) is 39.0 Å². The Morgan fingerprint density at radius 2 is 1.83 bits per heavy atom. The topological polar surface area (TPSA) is 53.4 Å². The second kappa shape index (κ2) is 5.86. The van der Waals surface area contributed by atoms with Gasteiger partial charge >= 0.3 is 7.12 Å². The Hall–Kier alpha value is -1.92. The van der Waals surface area contributed by atoms with E-state index in [4.69, 9.17) is 9.31 Å². The van der Waals surface area contributed by atoms with E-state index in [1.807, 2.05) is 52.8 Å². The van der Waals surface area contributed by atoms with Gasteiger partial charge in [0.25, 0.3) is 5.56 Å². The second-order valence-corrected chi connectivity index (χ2v) is 7.30. The Balaban J connectivity index is 1.90. The minimum atomic E-state index is -0.519. The summed E-state index contributed by atoms with van der Waals surface area (Å²) in [6.07, 6.45) is 3.49.